The number of unbranched alkanes of at least 4 members (excludes halogenated alkanes) is 1. The van der Waals surface area contributed by atoms with Gasteiger partial charge in [0.05, 0.1) is 5.56 Å². The zero-order valence-corrected chi connectivity index (χ0v) is 11.6. The highest BCUT2D eigenvalue weighted by Crippen LogP contribution is 2.22. The topological polar surface area (TPSA) is 69.6 Å². The average molecular weight is 265 g/mol. The number of nitrogens with one attached hydrogen (secondary N) is 1. The number of amides is 1. The molecule has 0 radical (unpaired) electrons. The Kier molecular flexibility index (Phi) is 6.19. The van der Waals surface area contributed by atoms with Crippen LogP contribution >= 0.6 is 0 Å². The van der Waals surface area contributed by atoms with Crippen molar-refractivity contribution >= 4 is 5.91 Å². The van der Waals surface area contributed by atoms with Crippen LogP contribution in [0.1, 0.15) is 56.3 Å². The van der Waals surface area contributed by atoms with Crippen molar-refractivity contribution in [1.29, 1.82) is 0 Å². The molecule has 1 rings (SSSR count). The Hall–Kier alpha value is -1.71. The van der Waals surface area contributed by atoms with Gasteiger partial charge >= 0.3 is 0 Å². The van der Waals surface area contributed by atoms with Crippen LogP contribution in [0.25, 0.3) is 0 Å². The van der Waals surface area contributed by atoms with Crippen molar-refractivity contribution < 1.29 is 15.0 Å². The molecule has 1 aromatic carbocycles. The van der Waals surface area contributed by atoms with Crippen molar-refractivity contribution in [2.24, 2.45) is 0 Å². The maximum Gasteiger partial charge on any atom is 0.255 e. The first-order valence-electron chi connectivity index (χ1n) is 6.91. The van der Waals surface area contributed by atoms with Gasteiger partial charge in [0.15, 0.2) is 0 Å². The van der Waals surface area contributed by atoms with Crippen molar-refractivity contribution in [2.45, 2.75) is 52.0 Å². The molecule has 4 heteroatoms. The SMILES string of the molecule is CCCCC(CCC)NC(=O)c1ccc(O)cc1O. The van der Waals surface area contributed by atoms with Crippen molar-refractivity contribution in [2.75, 3.05) is 0 Å². The lowest BCUT2D eigenvalue weighted by molar-refractivity contribution is 0.0929. The Bertz CT molecular complexity index is 418. The Morgan fingerprint density at radius 3 is 2.53 bits per heavy atom. The Labute approximate surface area is 114 Å². The van der Waals surface area contributed by atoms with E-state index in [9.17, 15) is 15.0 Å². The molecule has 19 heavy (non-hydrogen) atoms. The second-order valence-electron chi connectivity index (χ2n) is 4.80. The van der Waals surface area contributed by atoms with Gasteiger partial charge in [-0.25, -0.2) is 0 Å². The number of hydrogen-bond donors (Lipinski definition) is 3. The first-order valence-corrected chi connectivity index (χ1v) is 6.91. The molecule has 0 fully saturated rings. The number of carbonyl (C=O) groups excluding carboxylic acids is 1. The van der Waals surface area contributed by atoms with Crippen LogP contribution < -0.4 is 5.32 Å². The number of carbonyl (C=O) groups is 1. The summed E-state index contributed by atoms with van der Waals surface area (Å²) in [5, 5.41) is 21.8. The van der Waals surface area contributed by atoms with Crippen molar-refractivity contribution in [3.05, 3.63) is 23.8 Å². The minimum Gasteiger partial charge on any atom is -0.508 e. The third kappa shape index (κ3) is 4.81. The predicted octanol–water partition coefficient (Wildman–Crippen LogP) is 3.19. The van der Waals surface area contributed by atoms with Crippen LogP contribution in [0.5, 0.6) is 11.5 Å². The van der Waals surface area contributed by atoms with Gasteiger partial charge in [0.2, 0.25) is 0 Å². The van der Waals surface area contributed by atoms with Gasteiger partial charge in [-0.3, -0.25) is 4.79 Å². The number of rotatable bonds is 7. The monoisotopic (exact) mass is 265 g/mol. The summed E-state index contributed by atoms with van der Waals surface area (Å²) in [4.78, 5) is 12.1. The quantitative estimate of drug-likeness (QED) is 0.709. The molecule has 0 aliphatic rings. The fraction of sp³-hybridized carbons (Fsp3) is 0.533. The van der Waals surface area contributed by atoms with E-state index in [1.165, 1.54) is 18.2 Å². The zero-order chi connectivity index (χ0) is 14.3. The number of hydrogen-bond acceptors (Lipinski definition) is 3. The zero-order valence-electron chi connectivity index (χ0n) is 11.6. The molecule has 3 N–H and O–H groups in total. The van der Waals surface area contributed by atoms with Crippen molar-refractivity contribution in [3.8, 4) is 11.5 Å². The summed E-state index contributed by atoms with van der Waals surface area (Å²) in [5.41, 5.74) is 0.204. The number of phenolic OH excluding ortho intramolecular Hbond substituents is 2. The van der Waals surface area contributed by atoms with Crippen molar-refractivity contribution in [3.63, 3.8) is 0 Å². The second-order valence-corrected chi connectivity index (χ2v) is 4.80. The third-order valence-electron chi connectivity index (χ3n) is 3.10. The molecule has 0 saturated heterocycles. The Balaban J connectivity index is 2.69. The number of benzene rings is 1. The molecule has 0 heterocycles. The lowest BCUT2D eigenvalue weighted by atomic mass is 10.0. The van der Waals surface area contributed by atoms with Crippen LogP contribution in [0, 0.1) is 0 Å². The van der Waals surface area contributed by atoms with Crippen LogP contribution in [-0.2, 0) is 0 Å². The van der Waals surface area contributed by atoms with Gasteiger partial charge in [0, 0.05) is 12.1 Å². The van der Waals surface area contributed by atoms with Gasteiger partial charge in [-0.2, -0.15) is 0 Å². The summed E-state index contributed by atoms with van der Waals surface area (Å²) in [6.45, 7) is 4.21. The lowest BCUT2D eigenvalue weighted by Crippen LogP contribution is -2.34. The first kappa shape index (κ1) is 15.3. The maximum atomic E-state index is 12.1. The molecule has 0 bridgehead atoms. The first-order chi connectivity index (χ1) is 9.08. The third-order valence-corrected chi connectivity index (χ3v) is 3.10. The lowest BCUT2D eigenvalue weighted by Gasteiger charge is -2.18. The molecule has 4 nitrogen and oxygen atoms in total. The van der Waals surface area contributed by atoms with E-state index in [-0.39, 0.29) is 29.0 Å². The molecule has 106 valence electrons. The van der Waals surface area contributed by atoms with E-state index in [4.69, 9.17) is 0 Å². The molecule has 1 amide bonds. The van der Waals surface area contributed by atoms with E-state index in [1.54, 1.807) is 0 Å². The van der Waals surface area contributed by atoms with E-state index < -0.39 is 0 Å². The van der Waals surface area contributed by atoms with Gasteiger partial charge < -0.3 is 15.5 Å². The van der Waals surface area contributed by atoms with Gasteiger partial charge in [0.25, 0.3) is 5.91 Å². The highest BCUT2D eigenvalue weighted by atomic mass is 16.3. The van der Waals surface area contributed by atoms with E-state index >= 15 is 0 Å². The minimum absolute atomic E-state index is 0.0508. The molecule has 1 unspecified atom stereocenters. The molecule has 0 aliphatic heterocycles. The standard InChI is InChI=1S/C15H23NO3/c1-3-5-7-11(6-4-2)16-15(19)13-9-8-12(17)10-14(13)18/h8-11,17-18H,3-7H2,1-2H3,(H,16,19). The van der Waals surface area contributed by atoms with Crippen LogP contribution in [0.2, 0.25) is 0 Å². The maximum absolute atomic E-state index is 12.1. The highest BCUT2D eigenvalue weighted by molar-refractivity contribution is 5.97. The number of aromatic hydroxyl groups is 2. The molecule has 0 aromatic heterocycles. The predicted molar refractivity (Wildman–Crippen MR) is 75.5 cm³/mol. The van der Waals surface area contributed by atoms with Gasteiger partial charge in [-0.1, -0.05) is 33.1 Å². The molecular formula is C15H23NO3. The Morgan fingerprint density at radius 1 is 1.21 bits per heavy atom. The smallest absolute Gasteiger partial charge is 0.255 e. The molecule has 0 saturated carbocycles. The van der Waals surface area contributed by atoms with Gasteiger partial charge in [-0.05, 0) is 25.0 Å². The summed E-state index contributed by atoms with van der Waals surface area (Å²) < 4.78 is 0. The van der Waals surface area contributed by atoms with E-state index in [0.29, 0.717) is 0 Å². The summed E-state index contributed by atoms with van der Waals surface area (Å²) in [5.74, 6) is -0.527. The summed E-state index contributed by atoms with van der Waals surface area (Å²) >= 11 is 0. The van der Waals surface area contributed by atoms with Gasteiger partial charge in [0.1, 0.15) is 11.5 Å². The van der Waals surface area contributed by atoms with Crippen molar-refractivity contribution in [1.82, 2.24) is 5.32 Å². The van der Waals surface area contributed by atoms with Crippen LogP contribution in [0.3, 0.4) is 0 Å². The van der Waals surface area contributed by atoms with Crippen LogP contribution in [0.4, 0.5) is 0 Å². The fourth-order valence-electron chi connectivity index (χ4n) is 2.06. The highest BCUT2D eigenvalue weighted by Gasteiger charge is 2.15. The molecular weight excluding hydrogens is 242 g/mol. The van der Waals surface area contributed by atoms with Crippen LogP contribution in [0.15, 0.2) is 18.2 Å². The molecule has 0 spiro atoms. The second kappa shape index (κ2) is 7.67. The molecule has 1 atom stereocenters. The van der Waals surface area contributed by atoms with E-state index in [2.05, 4.69) is 19.2 Å². The Morgan fingerprint density at radius 2 is 1.95 bits per heavy atom. The fourth-order valence-corrected chi connectivity index (χ4v) is 2.06. The minimum atomic E-state index is -0.285. The number of phenols is 2. The van der Waals surface area contributed by atoms with Crippen LogP contribution in [-0.4, -0.2) is 22.2 Å². The largest absolute Gasteiger partial charge is 0.508 e. The average Bonchev–Trinajstić information content (AvgIpc) is 2.36. The normalized spacial score (nSPS) is 12.1. The summed E-state index contributed by atoms with van der Waals surface area (Å²) in [6.07, 6.45) is 5.07. The van der Waals surface area contributed by atoms with E-state index in [0.717, 1.165) is 32.1 Å². The molecule has 0 aliphatic carbocycles. The molecule has 1 aromatic rings. The van der Waals surface area contributed by atoms with Gasteiger partial charge in [-0.15, -0.1) is 0 Å². The summed E-state index contributed by atoms with van der Waals surface area (Å²) in [6, 6.07) is 4.15. The van der Waals surface area contributed by atoms with E-state index in [1.807, 2.05) is 0 Å². The summed E-state index contributed by atoms with van der Waals surface area (Å²) in [7, 11) is 0.